The van der Waals surface area contributed by atoms with Crippen LogP contribution in [0.3, 0.4) is 0 Å². The SMILES string of the molecule is CC(C)=C=CCCc1ccccc1. The summed E-state index contributed by atoms with van der Waals surface area (Å²) < 4.78 is 0. The summed E-state index contributed by atoms with van der Waals surface area (Å²) >= 11 is 0. The predicted molar refractivity (Wildman–Crippen MR) is 57.7 cm³/mol. The summed E-state index contributed by atoms with van der Waals surface area (Å²) in [5.41, 5.74) is 5.85. The Kier molecular flexibility index (Phi) is 4.08. The first-order valence-corrected chi connectivity index (χ1v) is 4.71. The van der Waals surface area contributed by atoms with Crippen LogP contribution in [-0.4, -0.2) is 0 Å². The molecule has 0 spiro atoms. The van der Waals surface area contributed by atoms with Gasteiger partial charge in [0.25, 0.3) is 0 Å². The van der Waals surface area contributed by atoms with Crippen LogP contribution in [0.15, 0.2) is 47.7 Å². The van der Waals surface area contributed by atoms with E-state index in [1.54, 1.807) is 0 Å². The molecule has 0 N–H and O–H groups in total. The van der Waals surface area contributed by atoms with Crippen LogP contribution < -0.4 is 0 Å². The molecule has 0 radical (unpaired) electrons. The molecule has 0 heterocycles. The average Bonchev–Trinajstić information content (AvgIpc) is 2.14. The van der Waals surface area contributed by atoms with Crippen LogP contribution in [0.5, 0.6) is 0 Å². The van der Waals surface area contributed by atoms with Gasteiger partial charge in [0.2, 0.25) is 0 Å². The van der Waals surface area contributed by atoms with Crippen LogP contribution in [0.2, 0.25) is 0 Å². The smallest absolute Gasteiger partial charge is 0.0234 e. The molecule has 0 nitrogen and oxygen atoms in total. The monoisotopic (exact) mass is 172 g/mol. The summed E-state index contributed by atoms with van der Waals surface area (Å²) in [7, 11) is 0. The van der Waals surface area contributed by atoms with Gasteiger partial charge in [0, 0.05) is 0 Å². The number of benzene rings is 1. The molecular formula is C13H16. The summed E-state index contributed by atoms with van der Waals surface area (Å²) in [5.74, 6) is 0. The highest BCUT2D eigenvalue weighted by Gasteiger charge is 1.86. The maximum absolute atomic E-state index is 3.21. The highest BCUT2D eigenvalue weighted by Crippen LogP contribution is 2.02. The van der Waals surface area contributed by atoms with Gasteiger partial charge in [-0.05, 0) is 43.9 Å². The molecule has 0 aliphatic rings. The Bertz CT molecular complexity index is 296. The highest BCUT2D eigenvalue weighted by molar-refractivity contribution is 5.15. The van der Waals surface area contributed by atoms with Crippen molar-refractivity contribution in [2.75, 3.05) is 0 Å². The standard InChI is InChI=1S/C13H16/c1-12(2)8-6-7-11-13-9-4-3-5-10-13/h3-6,9-10H,7,11H2,1-2H3. The third-order valence-corrected chi connectivity index (χ3v) is 1.81. The summed E-state index contributed by atoms with van der Waals surface area (Å²) in [5, 5.41) is 0. The molecule has 1 rings (SSSR count). The number of rotatable bonds is 3. The molecule has 0 fully saturated rings. The van der Waals surface area contributed by atoms with Crippen molar-refractivity contribution in [3.05, 3.63) is 53.3 Å². The Morgan fingerprint density at radius 3 is 2.54 bits per heavy atom. The van der Waals surface area contributed by atoms with E-state index in [9.17, 15) is 0 Å². The molecule has 0 amide bonds. The van der Waals surface area contributed by atoms with E-state index in [4.69, 9.17) is 0 Å². The molecular weight excluding hydrogens is 156 g/mol. The lowest BCUT2D eigenvalue weighted by atomic mass is 10.1. The first-order chi connectivity index (χ1) is 6.29. The van der Waals surface area contributed by atoms with Crippen LogP contribution in [-0.2, 0) is 6.42 Å². The zero-order valence-corrected chi connectivity index (χ0v) is 8.38. The second-order valence-electron chi connectivity index (χ2n) is 3.37. The maximum atomic E-state index is 3.21. The van der Waals surface area contributed by atoms with Gasteiger partial charge in [0.1, 0.15) is 0 Å². The van der Waals surface area contributed by atoms with E-state index < -0.39 is 0 Å². The number of aryl methyl sites for hydroxylation is 1. The zero-order chi connectivity index (χ0) is 9.52. The molecule has 1 aromatic rings. The third kappa shape index (κ3) is 4.35. The molecule has 1 aromatic carbocycles. The lowest BCUT2D eigenvalue weighted by Crippen LogP contribution is -1.80. The van der Waals surface area contributed by atoms with E-state index >= 15 is 0 Å². The largest absolute Gasteiger partial charge is 0.127 e. The molecule has 0 bridgehead atoms. The fourth-order valence-corrected chi connectivity index (χ4v) is 1.16. The summed E-state index contributed by atoms with van der Waals surface area (Å²) in [6.07, 6.45) is 4.30. The van der Waals surface area contributed by atoms with Crippen LogP contribution in [0.4, 0.5) is 0 Å². The normalized spacial score (nSPS) is 9.08. The first kappa shape index (κ1) is 9.83. The van der Waals surface area contributed by atoms with E-state index in [-0.39, 0.29) is 0 Å². The molecule has 0 unspecified atom stereocenters. The topological polar surface area (TPSA) is 0 Å². The van der Waals surface area contributed by atoms with Gasteiger partial charge < -0.3 is 0 Å². The summed E-state index contributed by atoms with van der Waals surface area (Å²) in [4.78, 5) is 0. The quantitative estimate of drug-likeness (QED) is 0.609. The van der Waals surface area contributed by atoms with Crippen LogP contribution in [0, 0.1) is 0 Å². The minimum atomic E-state index is 1.08. The molecule has 68 valence electrons. The van der Waals surface area contributed by atoms with Gasteiger partial charge in [-0.25, -0.2) is 0 Å². The van der Waals surface area contributed by atoms with Crippen LogP contribution >= 0.6 is 0 Å². The van der Waals surface area contributed by atoms with Crippen molar-refractivity contribution in [2.45, 2.75) is 26.7 Å². The Labute approximate surface area is 80.6 Å². The highest BCUT2D eigenvalue weighted by atomic mass is 13.9. The minimum Gasteiger partial charge on any atom is -0.127 e. The summed E-state index contributed by atoms with van der Waals surface area (Å²) in [6, 6.07) is 10.5. The van der Waals surface area contributed by atoms with E-state index in [1.807, 2.05) is 0 Å². The molecule has 0 aliphatic heterocycles. The maximum Gasteiger partial charge on any atom is -0.0234 e. The van der Waals surface area contributed by atoms with Crippen molar-refractivity contribution >= 4 is 0 Å². The first-order valence-electron chi connectivity index (χ1n) is 4.71. The van der Waals surface area contributed by atoms with Crippen molar-refractivity contribution in [1.82, 2.24) is 0 Å². The van der Waals surface area contributed by atoms with Gasteiger partial charge in [0.15, 0.2) is 0 Å². The third-order valence-electron chi connectivity index (χ3n) is 1.81. The predicted octanol–water partition coefficient (Wildman–Crippen LogP) is 3.74. The Morgan fingerprint density at radius 2 is 1.92 bits per heavy atom. The van der Waals surface area contributed by atoms with Crippen molar-refractivity contribution in [3.63, 3.8) is 0 Å². The molecule has 0 saturated heterocycles. The molecule has 0 heteroatoms. The zero-order valence-electron chi connectivity index (χ0n) is 8.38. The lowest BCUT2D eigenvalue weighted by molar-refractivity contribution is 1.00. The summed E-state index contributed by atoms with van der Waals surface area (Å²) in [6.45, 7) is 4.14. The number of hydrogen-bond donors (Lipinski definition) is 0. The van der Waals surface area contributed by atoms with Crippen molar-refractivity contribution in [1.29, 1.82) is 0 Å². The van der Waals surface area contributed by atoms with Crippen molar-refractivity contribution in [2.24, 2.45) is 0 Å². The Morgan fingerprint density at radius 1 is 1.23 bits per heavy atom. The van der Waals surface area contributed by atoms with Gasteiger partial charge in [-0.3, -0.25) is 0 Å². The molecule has 0 atom stereocenters. The van der Waals surface area contributed by atoms with Gasteiger partial charge in [0.05, 0.1) is 0 Å². The Balaban J connectivity index is 2.41. The fraction of sp³-hybridized carbons (Fsp3) is 0.308. The van der Waals surface area contributed by atoms with E-state index in [1.165, 1.54) is 11.1 Å². The average molecular weight is 172 g/mol. The second kappa shape index (κ2) is 5.40. The van der Waals surface area contributed by atoms with Crippen molar-refractivity contribution in [3.8, 4) is 0 Å². The molecule has 13 heavy (non-hydrogen) atoms. The minimum absolute atomic E-state index is 1.08. The van der Waals surface area contributed by atoms with Gasteiger partial charge in [-0.15, -0.1) is 5.73 Å². The van der Waals surface area contributed by atoms with Crippen molar-refractivity contribution < 1.29 is 0 Å². The number of allylic oxidation sites excluding steroid dienone is 1. The fourth-order valence-electron chi connectivity index (χ4n) is 1.16. The van der Waals surface area contributed by atoms with Gasteiger partial charge >= 0.3 is 0 Å². The van der Waals surface area contributed by atoms with Crippen LogP contribution in [0.25, 0.3) is 0 Å². The Hall–Kier alpha value is -1.26. The molecule has 0 aliphatic carbocycles. The van der Waals surface area contributed by atoms with Gasteiger partial charge in [-0.2, -0.15) is 0 Å². The van der Waals surface area contributed by atoms with E-state index in [0.29, 0.717) is 0 Å². The lowest BCUT2D eigenvalue weighted by Gasteiger charge is -1.94. The van der Waals surface area contributed by atoms with E-state index in [0.717, 1.165) is 12.8 Å². The number of hydrogen-bond acceptors (Lipinski definition) is 0. The van der Waals surface area contributed by atoms with E-state index in [2.05, 4.69) is 56.0 Å². The second-order valence-corrected chi connectivity index (χ2v) is 3.37. The molecule has 0 saturated carbocycles. The van der Waals surface area contributed by atoms with Crippen LogP contribution in [0.1, 0.15) is 25.8 Å². The van der Waals surface area contributed by atoms with Gasteiger partial charge in [-0.1, -0.05) is 30.3 Å². The molecule has 0 aromatic heterocycles.